The van der Waals surface area contributed by atoms with Gasteiger partial charge >= 0.3 is 12.1 Å². The Labute approximate surface area is 230 Å². The molecule has 0 spiro atoms. The molecule has 206 valence electrons. The van der Waals surface area contributed by atoms with Crippen LogP contribution in [0.4, 0.5) is 15.7 Å². The number of thiophene rings is 1. The Morgan fingerprint density at radius 3 is 2.67 bits per heavy atom. The van der Waals surface area contributed by atoms with E-state index in [9.17, 15) is 14.9 Å². The Hall–Kier alpha value is -4.18. The smallest absolute Gasteiger partial charge is 0.410 e. The van der Waals surface area contributed by atoms with Crippen molar-refractivity contribution < 1.29 is 19.2 Å². The highest BCUT2D eigenvalue weighted by Gasteiger charge is 2.46. The fourth-order valence-corrected chi connectivity index (χ4v) is 5.83. The zero-order valence-corrected chi connectivity index (χ0v) is 23.1. The summed E-state index contributed by atoms with van der Waals surface area (Å²) in [6.07, 6.45) is 4.50. The molecule has 1 aliphatic heterocycles. The lowest BCUT2D eigenvalue weighted by molar-refractivity contribution is -0.149. The molecule has 12 nitrogen and oxygen atoms in total. The van der Waals surface area contributed by atoms with Gasteiger partial charge in [-0.05, 0) is 46.1 Å². The van der Waals surface area contributed by atoms with E-state index < -0.39 is 17.0 Å². The maximum Gasteiger partial charge on any atom is 0.410 e. The number of hydrogen-bond acceptors (Lipinski definition) is 11. The summed E-state index contributed by atoms with van der Waals surface area (Å²) < 4.78 is 5.44. The van der Waals surface area contributed by atoms with Crippen LogP contribution in [0.5, 0.6) is 0 Å². The molecule has 1 aliphatic carbocycles. The molecule has 1 saturated heterocycles. The lowest BCUT2D eigenvalue weighted by Gasteiger charge is -2.35. The molecule has 0 aromatic carbocycles. The molecule has 0 unspecified atom stereocenters. The Balaban J connectivity index is 1.46. The van der Waals surface area contributed by atoms with E-state index in [0.29, 0.717) is 55.5 Å². The number of amides is 1. The zero-order valence-electron chi connectivity index (χ0n) is 22.3. The maximum absolute atomic E-state index is 13.3. The Morgan fingerprint density at radius 1 is 1.31 bits per heavy atom. The van der Waals surface area contributed by atoms with Gasteiger partial charge in [-0.1, -0.05) is 11.2 Å². The van der Waals surface area contributed by atoms with Gasteiger partial charge in [0, 0.05) is 42.8 Å². The topological polar surface area (TPSA) is 173 Å². The summed E-state index contributed by atoms with van der Waals surface area (Å²) in [4.78, 5) is 44.2. The van der Waals surface area contributed by atoms with Crippen molar-refractivity contribution in [2.45, 2.75) is 51.0 Å². The molecule has 0 bridgehead atoms. The SMILES string of the molecule is C=C[C@]1(C(=O)O/N=C(\N)c2ccnc(N3CCN(C(=O)OC(C)(C)C)CC3)n2)CCCc2sc(N)c(C#N)c21. The second-order valence-corrected chi connectivity index (χ2v) is 11.5. The minimum atomic E-state index is -1.25. The molecule has 0 radical (unpaired) electrons. The normalized spacial score (nSPS) is 19.6. The Kier molecular flexibility index (Phi) is 7.78. The lowest BCUT2D eigenvalue weighted by atomic mass is 9.71. The summed E-state index contributed by atoms with van der Waals surface area (Å²) in [5.74, 6) is -0.393. The zero-order chi connectivity index (χ0) is 28.4. The number of carbonyl (C=O) groups excluding carboxylic acids is 2. The number of amidine groups is 1. The van der Waals surface area contributed by atoms with Crippen LogP contribution < -0.4 is 16.4 Å². The first-order valence-corrected chi connectivity index (χ1v) is 13.4. The van der Waals surface area contributed by atoms with Crippen molar-refractivity contribution in [2.75, 3.05) is 36.8 Å². The third kappa shape index (κ3) is 5.65. The van der Waals surface area contributed by atoms with Crippen LogP contribution in [-0.4, -0.2) is 64.5 Å². The Morgan fingerprint density at radius 2 is 2.03 bits per heavy atom. The van der Waals surface area contributed by atoms with Gasteiger partial charge in [0.25, 0.3) is 0 Å². The van der Waals surface area contributed by atoms with Gasteiger partial charge in [-0.2, -0.15) is 5.26 Å². The lowest BCUT2D eigenvalue weighted by Crippen LogP contribution is -2.50. The molecular formula is C26H32N8O4S. The van der Waals surface area contributed by atoms with E-state index in [1.54, 1.807) is 11.0 Å². The van der Waals surface area contributed by atoms with Crippen LogP contribution in [0.2, 0.25) is 0 Å². The number of aromatic nitrogens is 2. The van der Waals surface area contributed by atoms with Crippen LogP contribution in [0.3, 0.4) is 0 Å². The molecule has 1 atom stereocenters. The van der Waals surface area contributed by atoms with Crippen LogP contribution in [0, 0.1) is 11.3 Å². The first kappa shape index (κ1) is 27.8. The van der Waals surface area contributed by atoms with Gasteiger partial charge < -0.3 is 30.8 Å². The number of nitrogens with zero attached hydrogens (tertiary/aromatic N) is 6. The third-order valence-electron chi connectivity index (χ3n) is 6.60. The number of carbonyl (C=O) groups is 2. The fourth-order valence-electron chi connectivity index (χ4n) is 4.68. The summed E-state index contributed by atoms with van der Waals surface area (Å²) in [7, 11) is 0. The molecule has 2 aliphatic rings. The monoisotopic (exact) mass is 552 g/mol. The first-order valence-electron chi connectivity index (χ1n) is 12.6. The number of nitrogen functional groups attached to an aromatic ring is 1. The van der Waals surface area contributed by atoms with E-state index in [0.717, 1.165) is 11.3 Å². The molecular weight excluding hydrogens is 520 g/mol. The predicted molar refractivity (Wildman–Crippen MR) is 147 cm³/mol. The van der Waals surface area contributed by atoms with Crippen LogP contribution in [0.15, 0.2) is 30.1 Å². The molecule has 0 saturated carbocycles. The highest BCUT2D eigenvalue weighted by Crippen LogP contribution is 2.47. The number of aryl methyl sites for hydroxylation is 1. The number of ether oxygens (including phenoxy) is 1. The predicted octanol–water partition coefficient (Wildman–Crippen LogP) is 2.67. The molecule has 2 aromatic heterocycles. The summed E-state index contributed by atoms with van der Waals surface area (Å²) in [6, 6.07) is 3.67. The molecule has 4 N–H and O–H groups in total. The van der Waals surface area contributed by atoms with E-state index in [-0.39, 0.29) is 23.2 Å². The van der Waals surface area contributed by atoms with Gasteiger partial charge in [-0.3, -0.25) is 0 Å². The highest BCUT2D eigenvalue weighted by atomic mass is 32.1. The van der Waals surface area contributed by atoms with Gasteiger partial charge in [0.05, 0.1) is 5.56 Å². The van der Waals surface area contributed by atoms with Crippen LogP contribution in [0.25, 0.3) is 0 Å². The second-order valence-electron chi connectivity index (χ2n) is 10.3. The number of rotatable bonds is 5. The minimum absolute atomic E-state index is 0.111. The number of hydrogen-bond donors (Lipinski definition) is 2. The summed E-state index contributed by atoms with van der Waals surface area (Å²) in [6.45, 7) is 11.3. The van der Waals surface area contributed by atoms with Crippen LogP contribution >= 0.6 is 11.3 Å². The summed E-state index contributed by atoms with van der Waals surface area (Å²) in [5, 5.41) is 13.9. The van der Waals surface area contributed by atoms with E-state index >= 15 is 0 Å². The van der Waals surface area contributed by atoms with Crippen molar-refractivity contribution in [3.63, 3.8) is 0 Å². The maximum atomic E-state index is 13.3. The molecule has 4 rings (SSSR count). The summed E-state index contributed by atoms with van der Waals surface area (Å²) in [5.41, 5.74) is 11.5. The van der Waals surface area contributed by atoms with E-state index in [2.05, 4.69) is 27.8 Å². The van der Waals surface area contributed by atoms with Crippen molar-refractivity contribution in [2.24, 2.45) is 10.9 Å². The summed E-state index contributed by atoms with van der Waals surface area (Å²) >= 11 is 1.31. The number of anilines is 2. The molecule has 13 heteroatoms. The highest BCUT2D eigenvalue weighted by molar-refractivity contribution is 7.16. The molecule has 1 fully saturated rings. The Bertz CT molecular complexity index is 1350. The van der Waals surface area contributed by atoms with Crippen molar-refractivity contribution >= 4 is 40.2 Å². The average Bonchev–Trinajstić information content (AvgIpc) is 3.26. The molecule has 1 amide bonds. The largest absolute Gasteiger partial charge is 0.444 e. The van der Waals surface area contributed by atoms with Crippen molar-refractivity contribution in [3.05, 3.63) is 46.6 Å². The van der Waals surface area contributed by atoms with E-state index in [4.69, 9.17) is 21.0 Å². The third-order valence-corrected chi connectivity index (χ3v) is 7.68. The van der Waals surface area contributed by atoms with Gasteiger partial charge in [-0.15, -0.1) is 17.9 Å². The number of nitriles is 1. The molecule has 2 aromatic rings. The minimum Gasteiger partial charge on any atom is -0.444 e. The number of fused-ring (bicyclic) bond motifs is 1. The molecule has 39 heavy (non-hydrogen) atoms. The average molecular weight is 553 g/mol. The number of piperazine rings is 1. The van der Waals surface area contributed by atoms with Gasteiger partial charge in [0.2, 0.25) is 5.95 Å². The number of oxime groups is 1. The number of nitrogens with two attached hydrogens (primary N) is 2. The van der Waals surface area contributed by atoms with Gasteiger partial charge in [-0.25, -0.2) is 19.6 Å². The van der Waals surface area contributed by atoms with Crippen molar-refractivity contribution in [1.29, 1.82) is 5.26 Å². The van der Waals surface area contributed by atoms with E-state index in [1.165, 1.54) is 23.6 Å². The van der Waals surface area contributed by atoms with Gasteiger partial charge in [0.1, 0.15) is 27.8 Å². The van der Waals surface area contributed by atoms with Crippen molar-refractivity contribution in [1.82, 2.24) is 14.9 Å². The van der Waals surface area contributed by atoms with Gasteiger partial charge in [0.15, 0.2) is 5.84 Å². The van der Waals surface area contributed by atoms with Crippen molar-refractivity contribution in [3.8, 4) is 6.07 Å². The van der Waals surface area contributed by atoms with Crippen LogP contribution in [0.1, 0.15) is 55.3 Å². The first-order chi connectivity index (χ1) is 18.5. The quantitative estimate of drug-likeness (QED) is 0.185. The molecule has 3 heterocycles. The van der Waals surface area contributed by atoms with Crippen LogP contribution in [-0.2, 0) is 26.2 Å². The standard InChI is InChI=1S/C26H32N8O4S/c1-5-26(9-6-7-18-19(26)16(15-27)21(29)39-18)22(35)38-32-20(28)17-8-10-30-23(31-17)33-11-13-34(14-12-33)24(36)37-25(2,3)4/h5,8,10H,1,6-7,9,11-14,29H2,2-4H3,(H2,28,32)/t26-/m0/s1. The van der Waals surface area contributed by atoms with E-state index in [1.807, 2.05) is 25.7 Å². The second kappa shape index (κ2) is 10.9. The fraction of sp³-hybridized carbons (Fsp3) is 0.462.